The standard InChI is InChI=1S/C28H24NO.C18H23FNSi.Ir/c1-18(2)15-20-13-14-29-26(16-20)25-6-4-5-24-23-12-11-22(17-27(23)30-28(24)25)21-9-7-19(3)8-10-21;1-12(2)15-10-17(20-11-18(15)21(4,5)6)14-8-7-13(3)9-16(14)19;/h4-5,7-14,16-18H,15H2,1-3H3;7,9-12H,1-6H3;/q2*-1;/i3D3;3D3,12D;. The van der Waals surface area contributed by atoms with Gasteiger partial charge in [0.1, 0.15) is 5.58 Å². The number of fused-ring (bicyclic) bond motifs is 3. The third-order valence-electron chi connectivity index (χ3n) is 8.78. The summed E-state index contributed by atoms with van der Waals surface area (Å²) in [5.74, 6) is -0.948. The van der Waals surface area contributed by atoms with E-state index in [1.807, 2.05) is 42.6 Å². The van der Waals surface area contributed by atoms with Gasteiger partial charge in [-0.2, -0.15) is 0 Å². The van der Waals surface area contributed by atoms with Crippen LogP contribution in [-0.2, 0) is 26.5 Å². The van der Waals surface area contributed by atoms with Crippen molar-refractivity contribution in [3.05, 3.63) is 138 Å². The molecule has 52 heavy (non-hydrogen) atoms. The molecule has 269 valence electrons. The van der Waals surface area contributed by atoms with Crippen molar-refractivity contribution in [2.24, 2.45) is 5.92 Å². The third-order valence-corrected chi connectivity index (χ3v) is 10.8. The molecular weight excluding hydrogens is 836 g/mol. The zero-order valence-corrected chi connectivity index (χ0v) is 33.9. The van der Waals surface area contributed by atoms with Crippen molar-refractivity contribution in [2.45, 2.75) is 73.4 Å². The Hall–Kier alpha value is -4.22. The Kier molecular flexibility index (Phi) is 9.43. The molecule has 0 bridgehead atoms. The topological polar surface area (TPSA) is 38.9 Å². The molecule has 0 unspecified atom stereocenters. The van der Waals surface area contributed by atoms with E-state index in [4.69, 9.17) is 14.0 Å². The molecule has 0 aliphatic heterocycles. The molecule has 4 aromatic carbocycles. The first-order chi connectivity index (χ1) is 27.0. The number of hydrogen-bond donors (Lipinski definition) is 0. The molecule has 0 saturated carbocycles. The van der Waals surface area contributed by atoms with Crippen LogP contribution in [0.2, 0.25) is 19.6 Å². The van der Waals surface area contributed by atoms with E-state index >= 15 is 0 Å². The minimum Gasteiger partial charge on any atom is -0.501 e. The van der Waals surface area contributed by atoms with E-state index in [1.54, 1.807) is 38.2 Å². The van der Waals surface area contributed by atoms with Gasteiger partial charge in [0.2, 0.25) is 0 Å². The molecule has 7 rings (SSSR count). The number of nitrogens with zero attached hydrogens (tertiary/aromatic N) is 2. The predicted molar refractivity (Wildman–Crippen MR) is 215 cm³/mol. The van der Waals surface area contributed by atoms with Gasteiger partial charge in [-0.1, -0.05) is 136 Å². The number of hydrogen-bond acceptors (Lipinski definition) is 3. The summed E-state index contributed by atoms with van der Waals surface area (Å²) in [5.41, 5.74) is 8.00. The summed E-state index contributed by atoms with van der Waals surface area (Å²) < 4.78 is 74.0. The van der Waals surface area contributed by atoms with Crippen LogP contribution >= 0.6 is 0 Å². The van der Waals surface area contributed by atoms with Gasteiger partial charge in [-0.25, -0.2) is 0 Å². The monoisotopic (exact) mass is 890 g/mol. The van der Waals surface area contributed by atoms with Crippen LogP contribution in [0, 0.1) is 37.6 Å². The van der Waals surface area contributed by atoms with Crippen molar-refractivity contribution in [3.63, 3.8) is 0 Å². The number of benzene rings is 4. The molecule has 0 N–H and O–H groups in total. The maximum atomic E-state index is 14.5. The van der Waals surface area contributed by atoms with Crippen LogP contribution in [0.5, 0.6) is 0 Å². The molecule has 0 spiro atoms. The van der Waals surface area contributed by atoms with Crippen molar-refractivity contribution in [3.8, 4) is 33.6 Å². The molecule has 6 heteroatoms. The molecule has 0 amide bonds. The summed E-state index contributed by atoms with van der Waals surface area (Å²) in [6.07, 6.45) is 4.58. The first-order valence-electron chi connectivity index (χ1n) is 20.7. The quantitative estimate of drug-likeness (QED) is 0.118. The minimum atomic E-state index is -2.38. The summed E-state index contributed by atoms with van der Waals surface area (Å²) in [6.45, 7) is 10.1. The molecule has 3 heterocycles. The second-order valence-corrected chi connectivity index (χ2v) is 19.6. The maximum absolute atomic E-state index is 14.5. The van der Waals surface area contributed by atoms with Crippen LogP contribution in [0.15, 0.2) is 102 Å². The normalized spacial score (nSPS) is 14.2. The van der Waals surface area contributed by atoms with E-state index in [0.717, 1.165) is 67.6 Å². The van der Waals surface area contributed by atoms with Crippen LogP contribution in [0.3, 0.4) is 0 Å². The van der Waals surface area contributed by atoms with Crippen LogP contribution in [0.25, 0.3) is 55.6 Å². The zero-order chi connectivity index (χ0) is 42.4. The molecule has 7 aromatic rings. The average molecular weight is 890 g/mol. The Morgan fingerprint density at radius 2 is 1.54 bits per heavy atom. The van der Waals surface area contributed by atoms with Crippen molar-refractivity contribution in [1.29, 1.82) is 0 Å². The van der Waals surface area contributed by atoms with E-state index in [0.29, 0.717) is 17.2 Å². The molecule has 0 atom stereocenters. The van der Waals surface area contributed by atoms with Crippen molar-refractivity contribution >= 4 is 35.2 Å². The Labute approximate surface area is 333 Å². The van der Waals surface area contributed by atoms with Gasteiger partial charge in [0.15, 0.2) is 0 Å². The van der Waals surface area contributed by atoms with Gasteiger partial charge in [-0.3, -0.25) is 4.39 Å². The summed E-state index contributed by atoms with van der Waals surface area (Å²) in [4.78, 5) is 8.97. The summed E-state index contributed by atoms with van der Waals surface area (Å²) in [6, 6.07) is 31.3. The third kappa shape index (κ3) is 8.69. The SMILES string of the molecule is [2H]C([2H])([2H])c1c[c-]c(-c2cc(C([2H])(C)C)c([Si](C)(C)C)cn2)c(F)c1.[2H]C([2H])([2H])c1ccc(-c2ccc3c(c2)oc2c(-c4cc(CC(C)C)ccn4)[c-]ccc23)cc1.[Ir]. The fraction of sp³-hybridized carbons (Fsp3) is 0.261. The second-order valence-electron chi connectivity index (χ2n) is 14.6. The van der Waals surface area contributed by atoms with Gasteiger partial charge in [-0.15, -0.1) is 42.0 Å². The van der Waals surface area contributed by atoms with Crippen molar-refractivity contribution < 1.29 is 38.5 Å². The fourth-order valence-corrected chi connectivity index (χ4v) is 7.83. The van der Waals surface area contributed by atoms with Gasteiger partial charge >= 0.3 is 0 Å². The first kappa shape index (κ1) is 30.3. The van der Waals surface area contributed by atoms with Crippen molar-refractivity contribution in [2.75, 3.05) is 0 Å². The molecule has 3 aromatic heterocycles. The van der Waals surface area contributed by atoms with Gasteiger partial charge in [-0.05, 0) is 64.9 Å². The number of aromatic nitrogens is 2. The summed E-state index contributed by atoms with van der Waals surface area (Å²) in [5, 5.41) is 3.12. The number of halogens is 1. The van der Waals surface area contributed by atoms with E-state index in [1.165, 1.54) is 11.6 Å². The van der Waals surface area contributed by atoms with Crippen LogP contribution in [-0.4, -0.2) is 18.0 Å². The molecule has 0 saturated heterocycles. The number of aryl methyl sites for hydroxylation is 2. The fourth-order valence-electron chi connectivity index (χ4n) is 6.25. The van der Waals surface area contributed by atoms with E-state index in [2.05, 4.69) is 73.8 Å². The van der Waals surface area contributed by atoms with Gasteiger partial charge in [0.25, 0.3) is 0 Å². The summed E-state index contributed by atoms with van der Waals surface area (Å²) >= 11 is 0. The minimum absolute atomic E-state index is 0. The smallest absolute Gasteiger partial charge is 0.121 e. The van der Waals surface area contributed by atoms with Crippen LogP contribution < -0.4 is 5.19 Å². The van der Waals surface area contributed by atoms with Gasteiger partial charge < -0.3 is 14.4 Å². The van der Waals surface area contributed by atoms with E-state index in [-0.39, 0.29) is 31.2 Å². The maximum Gasteiger partial charge on any atom is 0.121 e. The molecule has 1 radical (unpaired) electrons. The molecule has 3 nitrogen and oxygen atoms in total. The van der Waals surface area contributed by atoms with Crippen LogP contribution in [0.1, 0.15) is 65.4 Å². The Morgan fingerprint density at radius 1 is 0.808 bits per heavy atom. The van der Waals surface area contributed by atoms with Crippen LogP contribution in [0.4, 0.5) is 4.39 Å². The molecule has 0 fully saturated rings. The average Bonchev–Trinajstić information content (AvgIpc) is 3.51. The Morgan fingerprint density at radius 3 is 2.21 bits per heavy atom. The number of furan rings is 1. The molecular formula is C46H47FIrN2OSi-2. The Bertz CT molecular complexity index is 2590. The number of pyridine rings is 2. The second kappa shape index (κ2) is 16.2. The summed E-state index contributed by atoms with van der Waals surface area (Å²) in [7, 11) is -1.72. The van der Waals surface area contributed by atoms with E-state index in [9.17, 15) is 4.39 Å². The Balaban J connectivity index is 0.000000230. The van der Waals surface area contributed by atoms with Gasteiger partial charge in [0.05, 0.1) is 13.7 Å². The largest absolute Gasteiger partial charge is 0.501 e. The molecule has 0 aliphatic rings. The van der Waals surface area contributed by atoms with E-state index < -0.39 is 33.5 Å². The van der Waals surface area contributed by atoms with Crippen molar-refractivity contribution in [1.82, 2.24) is 9.97 Å². The van der Waals surface area contributed by atoms with Gasteiger partial charge in [0, 0.05) is 53.3 Å². The predicted octanol–water partition coefficient (Wildman–Crippen LogP) is 12.3. The zero-order valence-electron chi connectivity index (χ0n) is 37.5. The number of rotatable bonds is 7. The molecule has 0 aliphatic carbocycles. The first-order valence-corrected chi connectivity index (χ1v) is 20.7.